The number of aromatic nitrogens is 2. The molecule has 2 heterocycles. The maximum absolute atomic E-state index is 6.54. The van der Waals surface area contributed by atoms with Crippen LogP contribution in [0.3, 0.4) is 0 Å². The van der Waals surface area contributed by atoms with Crippen LogP contribution in [0.2, 0.25) is 0 Å². The molecule has 54 heavy (non-hydrogen) atoms. The second kappa shape index (κ2) is 12.0. The van der Waals surface area contributed by atoms with Crippen LogP contribution >= 0.6 is 0 Å². The van der Waals surface area contributed by atoms with Crippen molar-refractivity contribution in [2.24, 2.45) is 0 Å². The highest BCUT2D eigenvalue weighted by atomic mass is 16.5. The lowest BCUT2D eigenvalue weighted by Gasteiger charge is -2.39. The lowest BCUT2D eigenvalue weighted by molar-refractivity contribution is 0.436. The smallest absolute Gasteiger partial charge is 0.160 e. The number of para-hydroxylation sites is 3. The van der Waals surface area contributed by atoms with Crippen molar-refractivity contribution in [3.05, 3.63) is 216 Å². The van der Waals surface area contributed by atoms with E-state index in [0.29, 0.717) is 0 Å². The summed E-state index contributed by atoms with van der Waals surface area (Å²) in [4.78, 5) is 10.1. The maximum Gasteiger partial charge on any atom is 0.160 e. The quantitative estimate of drug-likeness (QED) is 0.185. The molecule has 8 aromatic carbocycles. The zero-order valence-corrected chi connectivity index (χ0v) is 29.3. The summed E-state index contributed by atoms with van der Waals surface area (Å²) in [5, 5.41) is 1.05. The number of ether oxygens (including phenoxy) is 1. The van der Waals surface area contributed by atoms with E-state index in [1.165, 1.54) is 44.5 Å². The van der Waals surface area contributed by atoms with E-state index in [2.05, 4.69) is 176 Å². The van der Waals surface area contributed by atoms with Crippen LogP contribution in [0.15, 0.2) is 194 Å². The number of rotatable bonds is 4. The molecule has 0 amide bonds. The molecule has 0 unspecified atom stereocenters. The molecule has 0 atom stereocenters. The van der Waals surface area contributed by atoms with Crippen molar-refractivity contribution < 1.29 is 4.74 Å². The molecule has 3 heteroatoms. The Bertz CT molecular complexity index is 2870. The van der Waals surface area contributed by atoms with Crippen LogP contribution < -0.4 is 4.74 Å². The van der Waals surface area contributed by atoms with Crippen LogP contribution in [0.5, 0.6) is 11.5 Å². The molecule has 0 bridgehead atoms. The van der Waals surface area contributed by atoms with Gasteiger partial charge in [-0.1, -0.05) is 164 Å². The Morgan fingerprint density at radius 2 is 0.907 bits per heavy atom. The monoisotopic (exact) mass is 688 g/mol. The number of hydrogen-bond acceptors (Lipinski definition) is 3. The molecule has 0 saturated carbocycles. The second-order valence-corrected chi connectivity index (χ2v) is 14.1. The molecule has 1 spiro atoms. The van der Waals surface area contributed by atoms with E-state index < -0.39 is 5.41 Å². The lowest BCUT2D eigenvalue weighted by atomic mass is 9.66. The molecule has 0 radical (unpaired) electrons. The van der Waals surface area contributed by atoms with Gasteiger partial charge in [-0.15, -0.1) is 0 Å². The predicted octanol–water partition coefficient (Wildman–Crippen LogP) is 12.8. The maximum atomic E-state index is 6.54. The van der Waals surface area contributed by atoms with Crippen LogP contribution in [0.4, 0.5) is 0 Å². The third-order valence-electron chi connectivity index (χ3n) is 11.2. The normalized spacial score (nSPS) is 13.1. The van der Waals surface area contributed by atoms with Gasteiger partial charge < -0.3 is 4.74 Å². The van der Waals surface area contributed by atoms with E-state index in [-0.39, 0.29) is 0 Å². The van der Waals surface area contributed by atoms with Gasteiger partial charge >= 0.3 is 0 Å². The van der Waals surface area contributed by atoms with Crippen LogP contribution in [-0.2, 0) is 5.41 Å². The summed E-state index contributed by atoms with van der Waals surface area (Å²) >= 11 is 0. The first-order valence-electron chi connectivity index (χ1n) is 18.4. The zero-order valence-electron chi connectivity index (χ0n) is 29.3. The minimum atomic E-state index is -0.487. The lowest BCUT2D eigenvalue weighted by Crippen LogP contribution is -2.32. The molecule has 3 nitrogen and oxygen atoms in total. The van der Waals surface area contributed by atoms with Gasteiger partial charge in [0, 0.05) is 27.6 Å². The second-order valence-electron chi connectivity index (χ2n) is 14.1. The third-order valence-corrected chi connectivity index (χ3v) is 11.2. The minimum Gasteiger partial charge on any atom is -0.457 e. The highest BCUT2D eigenvalue weighted by Gasteiger charge is 2.51. The highest BCUT2D eigenvalue weighted by molar-refractivity contribution is 5.94. The number of benzene rings is 8. The number of fused-ring (bicyclic) bond motifs is 10. The molecular formula is C51H32N2O. The van der Waals surface area contributed by atoms with E-state index in [4.69, 9.17) is 14.7 Å². The molecule has 0 saturated heterocycles. The molecule has 2 aliphatic rings. The van der Waals surface area contributed by atoms with E-state index >= 15 is 0 Å². The van der Waals surface area contributed by atoms with Crippen LogP contribution in [0.25, 0.3) is 66.9 Å². The third kappa shape index (κ3) is 4.55. The van der Waals surface area contributed by atoms with Gasteiger partial charge in [0.2, 0.25) is 0 Å². The Morgan fingerprint density at radius 1 is 0.352 bits per heavy atom. The topological polar surface area (TPSA) is 35.0 Å². The van der Waals surface area contributed by atoms with E-state index in [1.807, 2.05) is 18.2 Å². The number of hydrogen-bond donors (Lipinski definition) is 0. The predicted molar refractivity (Wildman–Crippen MR) is 219 cm³/mol. The van der Waals surface area contributed by atoms with Crippen molar-refractivity contribution in [3.63, 3.8) is 0 Å². The Balaban J connectivity index is 0.996. The van der Waals surface area contributed by atoms with Crippen molar-refractivity contribution >= 4 is 10.9 Å². The molecule has 0 N–H and O–H groups in total. The summed E-state index contributed by atoms with van der Waals surface area (Å²) in [5.41, 5.74) is 15.5. The summed E-state index contributed by atoms with van der Waals surface area (Å²) in [7, 11) is 0. The van der Waals surface area contributed by atoms with Gasteiger partial charge in [0.05, 0.1) is 16.6 Å². The van der Waals surface area contributed by atoms with Crippen molar-refractivity contribution in [2.75, 3.05) is 0 Å². The molecule has 1 aliphatic carbocycles. The first kappa shape index (κ1) is 30.5. The van der Waals surface area contributed by atoms with Crippen molar-refractivity contribution in [3.8, 4) is 67.5 Å². The Hall–Kier alpha value is -7.10. The average molecular weight is 689 g/mol. The van der Waals surface area contributed by atoms with Crippen LogP contribution in [-0.4, -0.2) is 9.97 Å². The molecule has 9 aromatic rings. The van der Waals surface area contributed by atoms with E-state index in [0.717, 1.165) is 56.2 Å². The van der Waals surface area contributed by atoms with Crippen molar-refractivity contribution in [2.45, 2.75) is 5.41 Å². The van der Waals surface area contributed by atoms with Crippen molar-refractivity contribution in [1.29, 1.82) is 0 Å². The summed E-state index contributed by atoms with van der Waals surface area (Å²) < 4.78 is 6.54. The summed E-state index contributed by atoms with van der Waals surface area (Å²) in [6.07, 6.45) is 0. The first-order valence-corrected chi connectivity index (χ1v) is 18.4. The molecule has 1 aromatic heterocycles. The van der Waals surface area contributed by atoms with E-state index in [9.17, 15) is 0 Å². The van der Waals surface area contributed by atoms with Gasteiger partial charge in [-0.2, -0.15) is 0 Å². The van der Waals surface area contributed by atoms with Crippen LogP contribution in [0, 0.1) is 0 Å². The fourth-order valence-corrected chi connectivity index (χ4v) is 8.75. The van der Waals surface area contributed by atoms with Gasteiger partial charge in [-0.25, -0.2) is 9.97 Å². The fraction of sp³-hybridized carbons (Fsp3) is 0.0196. The minimum absolute atomic E-state index is 0.487. The molecule has 11 rings (SSSR count). The highest BCUT2D eigenvalue weighted by Crippen LogP contribution is 2.62. The molecule has 0 fully saturated rings. The summed E-state index contributed by atoms with van der Waals surface area (Å²) in [6, 6.07) is 69.0. The van der Waals surface area contributed by atoms with Gasteiger partial charge in [0.25, 0.3) is 0 Å². The van der Waals surface area contributed by atoms with E-state index in [1.54, 1.807) is 0 Å². The summed E-state index contributed by atoms with van der Waals surface area (Å²) in [5.74, 6) is 2.53. The zero-order chi connectivity index (χ0) is 35.6. The number of nitrogens with zero attached hydrogens (tertiary/aromatic N) is 2. The van der Waals surface area contributed by atoms with Gasteiger partial charge in [0.1, 0.15) is 11.5 Å². The van der Waals surface area contributed by atoms with Crippen molar-refractivity contribution in [1.82, 2.24) is 9.97 Å². The largest absolute Gasteiger partial charge is 0.457 e. The first-order chi connectivity index (χ1) is 26.8. The Morgan fingerprint density at radius 3 is 1.67 bits per heavy atom. The van der Waals surface area contributed by atoms with Crippen LogP contribution in [0.1, 0.15) is 22.3 Å². The van der Waals surface area contributed by atoms with Gasteiger partial charge in [0.15, 0.2) is 5.82 Å². The molecule has 252 valence electrons. The standard InChI is InChI=1S/C51H32N2O/c1-2-13-35(14-3-1)49-41-18-5-9-22-46(41)52-50(53-49)38-16-12-15-36(31-38)33-25-27-34(28-26-33)37-29-30-40-39-17-4-6-19-42(39)51(45(40)32-37)43-20-7-10-23-47(43)54-48-24-11-8-21-44(48)51/h1-32H. The summed E-state index contributed by atoms with van der Waals surface area (Å²) in [6.45, 7) is 0. The van der Waals surface area contributed by atoms with Gasteiger partial charge in [-0.05, 0) is 74.8 Å². The Labute approximate surface area is 313 Å². The average Bonchev–Trinajstić information content (AvgIpc) is 3.53. The molecule has 1 aliphatic heterocycles. The SMILES string of the molecule is c1ccc(-c2nc(-c3cccc(-c4ccc(-c5ccc6c(c5)C5(c7ccccc7Oc7ccccc75)c5ccccc5-6)cc4)c3)nc3ccccc23)cc1. The van der Waals surface area contributed by atoms with Gasteiger partial charge in [-0.3, -0.25) is 0 Å². The molecular weight excluding hydrogens is 657 g/mol. The Kier molecular flexibility index (Phi) is 6.77. The fourth-order valence-electron chi connectivity index (χ4n) is 8.75.